The zero-order valence-electron chi connectivity index (χ0n) is 9.84. The fourth-order valence-electron chi connectivity index (χ4n) is 1.75. The van der Waals surface area contributed by atoms with Gasteiger partial charge in [-0.05, 0) is 13.0 Å². The van der Waals surface area contributed by atoms with Crippen molar-refractivity contribution in [2.45, 2.75) is 45.1 Å². The third-order valence-electron chi connectivity index (χ3n) is 2.62. The van der Waals surface area contributed by atoms with E-state index in [1.165, 1.54) is 19.3 Å². The van der Waals surface area contributed by atoms with Crippen molar-refractivity contribution in [3.63, 3.8) is 0 Å². The predicted octanol–water partition coefficient (Wildman–Crippen LogP) is 0.754. The first-order chi connectivity index (χ1) is 7.72. The average Bonchev–Trinajstić information content (AvgIpc) is 2.22. The van der Waals surface area contributed by atoms with E-state index in [0.29, 0.717) is 13.0 Å². The third kappa shape index (κ3) is 5.11. The van der Waals surface area contributed by atoms with E-state index in [2.05, 4.69) is 22.9 Å². The maximum Gasteiger partial charge on any atom is 0.321 e. The molecular formula is C11H21N3O2. The van der Waals surface area contributed by atoms with Crippen LogP contribution in [0.3, 0.4) is 0 Å². The first-order valence-electron chi connectivity index (χ1n) is 6.03. The molecule has 3 N–H and O–H groups in total. The fourth-order valence-corrected chi connectivity index (χ4v) is 1.75. The monoisotopic (exact) mass is 227 g/mol. The average molecular weight is 227 g/mol. The van der Waals surface area contributed by atoms with E-state index >= 15 is 0 Å². The van der Waals surface area contributed by atoms with Gasteiger partial charge in [0, 0.05) is 13.0 Å². The number of amides is 3. The number of unbranched alkanes of at least 4 members (excludes halogenated alkanes) is 3. The Morgan fingerprint density at radius 1 is 1.31 bits per heavy atom. The van der Waals surface area contributed by atoms with Crippen LogP contribution in [0.5, 0.6) is 0 Å². The summed E-state index contributed by atoms with van der Waals surface area (Å²) in [5.41, 5.74) is 0. The minimum absolute atomic E-state index is 0.0626. The standard InChI is InChI=1S/C11H21N3O2/c1-2-3-4-5-6-12-8-9-7-10(15)14-11(16)13-9/h9,12H,2-8H2,1H3,(H2,13,14,15,16). The van der Waals surface area contributed by atoms with Gasteiger partial charge in [0.2, 0.25) is 5.91 Å². The van der Waals surface area contributed by atoms with Crippen molar-refractivity contribution in [3.8, 4) is 0 Å². The maximum atomic E-state index is 11.1. The van der Waals surface area contributed by atoms with Crippen molar-refractivity contribution in [3.05, 3.63) is 0 Å². The van der Waals surface area contributed by atoms with Crippen LogP contribution in [0.4, 0.5) is 4.79 Å². The van der Waals surface area contributed by atoms with Gasteiger partial charge in [-0.15, -0.1) is 0 Å². The molecule has 1 rings (SSSR count). The Bertz CT molecular complexity index is 227. The SMILES string of the molecule is CCCCCCNCC1CC(=O)NC(=O)N1. The molecule has 0 saturated carbocycles. The molecule has 0 bridgehead atoms. The highest BCUT2D eigenvalue weighted by Gasteiger charge is 2.22. The van der Waals surface area contributed by atoms with Crippen LogP contribution in [0.15, 0.2) is 0 Å². The van der Waals surface area contributed by atoms with Crippen LogP contribution in [-0.2, 0) is 4.79 Å². The lowest BCUT2D eigenvalue weighted by atomic mass is 10.1. The van der Waals surface area contributed by atoms with Crippen molar-refractivity contribution >= 4 is 11.9 Å². The van der Waals surface area contributed by atoms with Crippen molar-refractivity contribution in [2.75, 3.05) is 13.1 Å². The summed E-state index contributed by atoms with van der Waals surface area (Å²) in [6, 6.07) is -0.443. The molecule has 5 nitrogen and oxygen atoms in total. The molecule has 5 heteroatoms. The van der Waals surface area contributed by atoms with Gasteiger partial charge in [-0.25, -0.2) is 4.79 Å². The van der Waals surface area contributed by atoms with Crippen molar-refractivity contribution in [2.24, 2.45) is 0 Å². The largest absolute Gasteiger partial charge is 0.333 e. The summed E-state index contributed by atoms with van der Waals surface area (Å²) in [4.78, 5) is 22.0. The van der Waals surface area contributed by atoms with Gasteiger partial charge in [0.25, 0.3) is 0 Å². The molecule has 1 atom stereocenters. The van der Waals surface area contributed by atoms with Crippen LogP contribution in [0.1, 0.15) is 39.0 Å². The lowest BCUT2D eigenvalue weighted by Crippen LogP contribution is -2.55. The number of hydrogen-bond acceptors (Lipinski definition) is 3. The molecule has 1 aliphatic rings. The minimum atomic E-state index is -0.381. The normalized spacial score (nSPS) is 20.4. The van der Waals surface area contributed by atoms with E-state index in [4.69, 9.17) is 0 Å². The quantitative estimate of drug-likeness (QED) is 0.562. The van der Waals surface area contributed by atoms with E-state index in [9.17, 15) is 9.59 Å². The van der Waals surface area contributed by atoms with Gasteiger partial charge < -0.3 is 10.6 Å². The number of imide groups is 1. The van der Waals surface area contributed by atoms with Crippen molar-refractivity contribution in [1.82, 2.24) is 16.0 Å². The van der Waals surface area contributed by atoms with Crippen LogP contribution in [0.2, 0.25) is 0 Å². The second kappa shape index (κ2) is 7.22. The first kappa shape index (κ1) is 13.0. The molecule has 0 radical (unpaired) electrons. The van der Waals surface area contributed by atoms with E-state index < -0.39 is 0 Å². The summed E-state index contributed by atoms with van der Waals surface area (Å²) in [5.74, 6) is -0.193. The Morgan fingerprint density at radius 2 is 2.12 bits per heavy atom. The molecule has 0 aromatic heterocycles. The van der Waals surface area contributed by atoms with Gasteiger partial charge in [0.1, 0.15) is 0 Å². The Kier molecular flexibility index (Phi) is 5.85. The Labute approximate surface area is 96.4 Å². The highest BCUT2D eigenvalue weighted by Crippen LogP contribution is 1.99. The Hall–Kier alpha value is -1.10. The van der Waals surface area contributed by atoms with E-state index in [1.54, 1.807) is 0 Å². The molecule has 1 heterocycles. The highest BCUT2D eigenvalue weighted by molar-refractivity contribution is 5.97. The third-order valence-corrected chi connectivity index (χ3v) is 2.62. The zero-order chi connectivity index (χ0) is 11.8. The summed E-state index contributed by atoms with van der Waals surface area (Å²) in [6.07, 6.45) is 5.26. The van der Waals surface area contributed by atoms with Crippen LogP contribution in [0.25, 0.3) is 0 Å². The second-order valence-corrected chi connectivity index (χ2v) is 4.19. The summed E-state index contributed by atoms with van der Waals surface area (Å²) in [5, 5.41) is 8.19. The van der Waals surface area contributed by atoms with Gasteiger partial charge in [0.05, 0.1) is 6.04 Å². The molecule has 0 aromatic rings. The first-order valence-corrected chi connectivity index (χ1v) is 6.03. The van der Waals surface area contributed by atoms with E-state index in [0.717, 1.165) is 13.0 Å². The molecule has 0 aromatic carbocycles. The lowest BCUT2D eigenvalue weighted by molar-refractivity contribution is -0.121. The molecule has 1 aliphatic heterocycles. The number of rotatable bonds is 7. The maximum absolute atomic E-state index is 11.1. The summed E-state index contributed by atoms with van der Waals surface area (Å²) in [6.45, 7) is 3.81. The van der Waals surface area contributed by atoms with Crippen molar-refractivity contribution in [1.29, 1.82) is 0 Å². The molecule has 92 valence electrons. The lowest BCUT2D eigenvalue weighted by Gasteiger charge is -2.23. The fraction of sp³-hybridized carbons (Fsp3) is 0.818. The molecule has 3 amide bonds. The molecule has 16 heavy (non-hydrogen) atoms. The number of carbonyl (C=O) groups is 2. The summed E-state index contributed by atoms with van der Waals surface area (Å²) >= 11 is 0. The van der Waals surface area contributed by atoms with Gasteiger partial charge in [-0.1, -0.05) is 26.2 Å². The second-order valence-electron chi connectivity index (χ2n) is 4.19. The summed E-state index contributed by atoms with van der Waals surface area (Å²) < 4.78 is 0. The number of nitrogens with one attached hydrogen (secondary N) is 3. The summed E-state index contributed by atoms with van der Waals surface area (Å²) in [7, 11) is 0. The highest BCUT2D eigenvalue weighted by atomic mass is 16.2. The van der Waals surface area contributed by atoms with E-state index in [-0.39, 0.29) is 18.0 Å². The number of carbonyl (C=O) groups excluding carboxylic acids is 2. The molecule has 1 fully saturated rings. The number of hydrogen-bond donors (Lipinski definition) is 3. The Morgan fingerprint density at radius 3 is 2.81 bits per heavy atom. The van der Waals surface area contributed by atoms with Gasteiger partial charge >= 0.3 is 6.03 Å². The Balaban J connectivity index is 2.04. The van der Waals surface area contributed by atoms with Crippen LogP contribution in [0, 0.1) is 0 Å². The molecule has 0 spiro atoms. The molecule has 0 aliphatic carbocycles. The molecule has 1 saturated heterocycles. The molecular weight excluding hydrogens is 206 g/mol. The molecule has 1 unspecified atom stereocenters. The topological polar surface area (TPSA) is 70.2 Å². The zero-order valence-corrected chi connectivity index (χ0v) is 9.84. The van der Waals surface area contributed by atoms with Gasteiger partial charge in [0.15, 0.2) is 0 Å². The van der Waals surface area contributed by atoms with Crippen LogP contribution < -0.4 is 16.0 Å². The number of urea groups is 1. The predicted molar refractivity (Wildman–Crippen MR) is 62.1 cm³/mol. The van der Waals surface area contributed by atoms with E-state index in [1.807, 2.05) is 0 Å². The van der Waals surface area contributed by atoms with Crippen LogP contribution >= 0.6 is 0 Å². The smallest absolute Gasteiger partial charge is 0.321 e. The van der Waals surface area contributed by atoms with Crippen LogP contribution in [-0.4, -0.2) is 31.1 Å². The van der Waals surface area contributed by atoms with Gasteiger partial charge in [-0.2, -0.15) is 0 Å². The van der Waals surface area contributed by atoms with Crippen molar-refractivity contribution < 1.29 is 9.59 Å². The van der Waals surface area contributed by atoms with Gasteiger partial charge in [-0.3, -0.25) is 10.1 Å². The minimum Gasteiger partial charge on any atom is -0.333 e.